The zero-order valence-electron chi connectivity index (χ0n) is 11.1. The number of sulfonamides is 1. The van der Waals surface area contributed by atoms with E-state index in [-0.39, 0.29) is 4.90 Å². The quantitative estimate of drug-likeness (QED) is 0.845. The predicted molar refractivity (Wildman–Crippen MR) is 75.4 cm³/mol. The molecule has 2 N–H and O–H groups in total. The monoisotopic (exact) mass is 308 g/mol. The second kappa shape index (κ2) is 6.02. The Kier molecular flexibility index (Phi) is 4.35. The van der Waals surface area contributed by atoms with Crippen LogP contribution in [0, 0.1) is 12.7 Å². The molecule has 0 fully saturated rings. The standard InChI is InChI=1S/C14H13FN2O3S/c1-10-7-8-12(9-13(10)15)21(19,20)17-16-14(18)11-5-3-2-4-6-11/h2-9,17H,1H3,(H,16,18). The van der Waals surface area contributed by atoms with Crippen molar-refractivity contribution < 1.29 is 17.6 Å². The number of hydrogen-bond donors (Lipinski definition) is 2. The first kappa shape index (κ1) is 15.1. The number of hydrazine groups is 1. The van der Waals surface area contributed by atoms with Crippen LogP contribution >= 0.6 is 0 Å². The molecular formula is C14H13FN2O3S. The maximum atomic E-state index is 13.4. The van der Waals surface area contributed by atoms with Gasteiger partial charge in [-0.15, -0.1) is 4.83 Å². The Balaban J connectivity index is 2.11. The largest absolute Gasteiger partial charge is 0.273 e. The van der Waals surface area contributed by atoms with Crippen molar-refractivity contribution >= 4 is 15.9 Å². The van der Waals surface area contributed by atoms with E-state index in [4.69, 9.17) is 0 Å². The molecule has 7 heteroatoms. The van der Waals surface area contributed by atoms with E-state index < -0.39 is 21.7 Å². The lowest BCUT2D eigenvalue weighted by Gasteiger charge is -2.09. The molecule has 21 heavy (non-hydrogen) atoms. The molecule has 1 amide bonds. The van der Waals surface area contributed by atoms with Crippen LogP contribution in [0.15, 0.2) is 53.4 Å². The van der Waals surface area contributed by atoms with Crippen LogP contribution < -0.4 is 10.3 Å². The van der Waals surface area contributed by atoms with Crippen molar-refractivity contribution in [3.8, 4) is 0 Å². The SMILES string of the molecule is Cc1ccc(S(=O)(=O)NNC(=O)c2ccccc2)cc1F. The van der Waals surface area contributed by atoms with E-state index in [9.17, 15) is 17.6 Å². The first-order valence-electron chi connectivity index (χ1n) is 6.03. The third kappa shape index (κ3) is 3.65. The van der Waals surface area contributed by atoms with Gasteiger partial charge in [0.25, 0.3) is 15.9 Å². The van der Waals surface area contributed by atoms with Crippen molar-refractivity contribution in [3.05, 3.63) is 65.5 Å². The number of benzene rings is 2. The number of nitrogens with one attached hydrogen (secondary N) is 2. The Hall–Kier alpha value is -2.25. The molecule has 0 bridgehead atoms. The first-order chi connectivity index (χ1) is 9.90. The molecule has 0 aromatic heterocycles. The summed E-state index contributed by atoms with van der Waals surface area (Å²) in [5.41, 5.74) is 2.71. The van der Waals surface area contributed by atoms with Crippen LogP contribution in [0.25, 0.3) is 0 Å². The fourth-order valence-corrected chi connectivity index (χ4v) is 2.43. The maximum Gasteiger partial charge on any atom is 0.266 e. The number of carbonyl (C=O) groups is 1. The van der Waals surface area contributed by atoms with Crippen LogP contribution in [-0.2, 0) is 10.0 Å². The van der Waals surface area contributed by atoms with Crippen LogP contribution in [0.5, 0.6) is 0 Å². The van der Waals surface area contributed by atoms with Gasteiger partial charge in [0.05, 0.1) is 4.90 Å². The van der Waals surface area contributed by atoms with Crippen molar-refractivity contribution in [2.45, 2.75) is 11.8 Å². The molecule has 0 spiro atoms. The maximum absolute atomic E-state index is 13.4. The minimum absolute atomic E-state index is 0.265. The Morgan fingerprint density at radius 2 is 1.76 bits per heavy atom. The summed E-state index contributed by atoms with van der Waals surface area (Å²) in [5.74, 6) is -1.24. The van der Waals surface area contributed by atoms with Gasteiger partial charge in [-0.1, -0.05) is 24.3 Å². The Labute approximate surface area is 121 Å². The summed E-state index contributed by atoms with van der Waals surface area (Å²) >= 11 is 0. The average molecular weight is 308 g/mol. The highest BCUT2D eigenvalue weighted by atomic mass is 32.2. The highest BCUT2D eigenvalue weighted by Gasteiger charge is 2.16. The van der Waals surface area contributed by atoms with E-state index in [0.717, 1.165) is 6.07 Å². The third-order valence-electron chi connectivity index (χ3n) is 2.79. The van der Waals surface area contributed by atoms with Crippen molar-refractivity contribution in [2.75, 3.05) is 0 Å². The van der Waals surface area contributed by atoms with Gasteiger partial charge in [0.1, 0.15) is 5.82 Å². The zero-order chi connectivity index (χ0) is 15.5. The lowest BCUT2D eigenvalue weighted by atomic mass is 10.2. The number of aryl methyl sites for hydroxylation is 1. The van der Waals surface area contributed by atoms with E-state index in [1.807, 2.05) is 4.83 Å². The van der Waals surface area contributed by atoms with Crippen molar-refractivity contribution in [1.82, 2.24) is 10.3 Å². The van der Waals surface area contributed by atoms with E-state index in [1.54, 1.807) is 18.2 Å². The molecule has 2 aromatic rings. The van der Waals surface area contributed by atoms with Gasteiger partial charge in [0.2, 0.25) is 0 Å². The van der Waals surface area contributed by atoms with Gasteiger partial charge in [-0.25, -0.2) is 12.8 Å². The molecule has 0 radical (unpaired) electrons. The van der Waals surface area contributed by atoms with Gasteiger partial charge >= 0.3 is 0 Å². The topological polar surface area (TPSA) is 75.3 Å². The summed E-state index contributed by atoms with van der Waals surface area (Å²) in [6.07, 6.45) is 0. The van der Waals surface area contributed by atoms with Crippen LogP contribution in [0.4, 0.5) is 4.39 Å². The minimum atomic E-state index is -4.02. The zero-order valence-corrected chi connectivity index (χ0v) is 11.9. The highest BCUT2D eigenvalue weighted by molar-refractivity contribution is 7.89. The van der Waals surface area contributed by atoms with Crippen LogP contribution in [0.2, 0.25) is 0 Å². The van der Waals surface area contributed by atoms with Crippen molar-refractivity contribution in [2.24, 2.45) is 0 Å². The summed E-state index contributed by atoms with van der Waals surface area (Å²) in [7, 11) is -4.02. The first-order valence-corrected chi connectivity index (χ1v) is 7.52. The molecule has 0 unspecified atom stereocenters. The van der Waals surface area contributed by atoms with Gasteiger partial charge in [-0.3, -0.25) is 10.2 Å². The van der Waals surface area contributed by atoms with E-state index in [1.165, 1.54) is 31.2 Å². The molecule has 0 heterocycles. The van der Waals surface area contributed by atoms with Gasteiger partial charge in [-0.05, 0) is 36.8 Å². The summed E-state index contributed by atoms with van der Waals surface area (Å²) < 4.78 is 37.3. The number of rotatable bonds is 4. The van der Waals surface area contributed by atoms with E-state index in [0.29, 0.717) is 11.1 Å². The molecule has 0 saturated carbocycles. The second-order valence-electron chi connectivity index (χ2n) is 4.34. The van der Waals surface area contributed by atoms with Crippen molar-refractivity contribution in [3.63, 3.8) is 0 Å². The fraction of sp³-hybridized carbons (Fsp3) is 0.0714. The van der Waals surface area contributed by atoms with Crippen molar-refractivity contribution in [1.29, 1.82) is 0 Å². The number of halogens is 1. The Morgan fingerprint density at radius 3 is 2.38 bits per heavy atom. The summed E-state index contributed by atoms with van der Waals surface area (Å²) in [5, 5.41) is 0. The normalized spacial score (nSPS) is 11.1. The number of hydrogen-bond acceptors (Lipinski definition) is 3. The molecule has 0 aliphatic heterocycles. The molecule has 0 atom stereocenters. The van der Waals surface area contributed by atoms with E-state index >= 15 is 0 Å². The molecule has 0 saturated heterocycles. The molecular weight excluding hydrogens is 295 g/mol. The number of carbonyl (C=O) groups excluding carboxylic acids is 1. The van der Waals surface area contributed by atoms with Crippen LogP contribution in [-0.4, -0.2) is 14.3 Å². The van der Waals surface area contributed by atoms with Crippen LogP contribution in [0.3, 0.4) is 0 Å². The molecule has 2 rings (SSSR count). The summed E-state index contributed by atoms with van der Waals surface area (Å²) in [6.45, 7) is 1.52. The number of amides is 1. The molecule has 2 aromatic carbocycles. The summed E-state index contributed by atoms with van der Waals surface area (Å²) in [4.78, 5) is 13.4. The molecule has 110 valence electrons. The van der Waals surface area contributed by atoms with Gasteiger partial charge in [0, 0.05) is 5.56 Å². The average Bonchev–Trinajstić information content (AvgIpc) is 2.48. The highest BCUT2D eigenvalue weighted by Crippen LogP contribution is 2.13. The Morgan fingerprint density at radius 1 is 1.10 bits per heavy atom. The fourth-order valence-electron chi connectivity index (χ4n) is 1.57. The lowest BCUT2D eigenvalue weighted by Crippen LogP contribution is -2.41. The molecule has 0 aliphatic rings. The summed E-state index contributed by atoms with van der Waals surface area (Å²) in [6, 6.07) is 11.6. The smallest absolute Gasteiger partial charge is 0.266 e. The minimum Gasteiger partial charge on any atom is -0.273 e. The molecule has 0 aliphatic carbocycles. The molecule has 5 nitrogen and oxygen atoms in total. The Bertz CT molecular complexity index is 761. The van der Waals surface area contributed by atoms with E-state index in [2.05, 4.69) is 5.43 Å². The van der Waals surface area contributed by atoms with Crippen LogP contribution in [0.1, 0.15) is 15.9 Å². The predicted octanol–water partition coefficient (Wildman–Crippen LogP) is 1.76. The lowest BCUT2D eigenvalue weighted by molar-refractivity contribution is 0.0945. The van der Waals surface area contributed by atoms with Gasteiger partial charge in [0.15, 0.2) is 0 Å². The third-order valence-corrected chi connectivity index (χ3v) is 4.03. The van der Waals surface area contributed by atoms with Gasteiger partial charge < -0.3 is 0 Å². The second-order valence-corrected chi connectivity index (χ2v) is 6.02. The van der Waals surface area contributed by atoms with Gasteiger partial charge in [-0.2, -0.15) is 0 Å².